The highest BCUT2D eigenvalue weighted by Gasteiger charge is 2.32. The minimum absolute atomic E-state index is 0.0368. The molecule has 29 heavy (non-hydrogen) atoms. The molecule has 0 bridgehead atoms. The highest BCUT2D eigenvalue weighted by Crippen LogP contribution is 2.32. The Labute approximate surface area is 169 Å². The van der Waals surface area contributed by atoms with Gasteiger partial charge in [-0.05, 0) is 17.7 Å². The standard InChI is InChI=1S/C20H29F3N4O2/c1-19(2,3)17(28)25-8-9-26-18(24-4)27-10-11-29-16(13-27)14-6-5-7-15(12-14)20(21,22)23/h5-7,12,16H,8-11,13H2,1-4H3,(H,24,26)(H,25,28). The van der Waals surface area contributed by atoms with E-state index in [1.54, 1.807) is 13.1 Å². The third-order valence-electron chi connectivity index (χ3n) is 4.54. The molecule has 0 radical (unpaired) electrons. The molecule has 9 heteroatoms. The van der Waals surface area contributed by atoms with Gasteiger partial charge in [-0.15, -0.1) is 0 Å². The highest BCUT2D eigenvalue weighted by atomic mass is 19.4. The van der Waals surface area contributed by atoms with Crippen molar-refractivity contribution in [2.75, 3.05) is 39.8 Å². The predicted molar refractivity (Wildman–Crippen MR) is 106 cm³/mol. The van der Waals surface area contributed by atoms with Gasteiger partial charge in [-0.25, -0.2) is 0 Å². The Bertz CT molecular complexity index is 729. The molecule has 0 spiro atoms. The van der Waals surface area contributed by atoms with Crippen LogP contribution in [0.1, 0.15) is 38.0 Å². The molecule has 2 N–H and O–H groups in total. The van der Waals surface area contributed by atoms with Crippen LogP contribution in [0.15, 0.2) is 29.3 Å². The second-order valence-electron chi connectivity index (χ2n) is 7.91. The van der Waals surface area contributed by atoms with Gasteiger partial charge >= 0.3 is 6.18 Å². The summed E-state index contributed by atoms with van der Waals surface area (Å²) in [5.41, 5.74) is -0.658. The van der Waals surface area contributed by atoms with Crippen molar-refractivity contribution in [3.8, 4) is 0 Å². The maximum atomic E-state index is 13.0. The summed E-state index contributed by atoms with van der Waals surface area (Å²) in [5.74, 6) is 0.584. The number of alkyl halides is 3. The van der Waals surface area contributed by atoms with E-state index in [-0.39, 0.29) is 5.91 Å². The zero-order valence-corrected chi connectivity index (χ0v) is 17.3. The SMILES string of the molecule is CN=C(NCCNC(=O)C(C)(C)C)N1CCOC(c2cccc(C(F)(F)F)c2)C1. The number of guanidine groups is 1. The first kappa shape index (κ1) is 23.0. The van der Waals surface area contributed by atoms with Crippen LogP contribution in [0, 0.1) is 5.41 Å². The van der Waals surface area contributed by atoms with Crippen LogP contribution in [-0.2, 0) is 15.7 Å². The van der Waals surface area contributed by atoms with Crippen LogP contribution in [0.4, 0.5) is 13.2 Å². The van der Waals surface area contributed by atoms with Gasteiger partial charge in [0.1, 0.15) is 6.10 Å². The maximum Gasteiger partial charge on any atom is 0.416 e. The summed E-state index contributed by atoms with van der Waals surface area (Å²) in [4.78, 5) is 18.1. The number of hydrogen-bond acceptors (Lipinski definition) is 3. The molecular weight excluding hydrogens is 385 g/mol. The van der Waals surface area contributed by atoms with E-state index in [2.05, 4.69) is 15.6 Å². The molecule has 6 nitrogen and oxygen atoms in total. The third kappa shape index (κ3) is 6.62. The van der Waals surface area contributed by atoms with Gasteiger partial charge < -0.3 is 20.3 Å². The lowest BCUT2D eigenvalue weighted by atomic mass is 9.96. The topological polar surface area (TPSA) is 66.0 Å². The second kappa shape index (κ2) is 9.47. The number of rotatable bonds is 4. The Morgan fingerprint density at radius 1 is 1.24 bits per heavy atom. The molecule has 1 unspecified atom stereocenters. The number of ether oxygens (including phenoxy) is 1. The van der Waals surface area contributed by atoms with Gasteiger partial charge in [0.15, 0.2) is 5.96 Å². The van der Waals surface area contributed by atoms with Crippen LogP contribution in [0.2, 0.25) is 0 Å². The fourth-order valence-corrected chi connectivity index (χ4v) is 2.91. The molecule has 1 saturated heterocycles. The predicted octanol–water partition coefficient (Wildman–Crippen LogP) is 2.82. The van der Waals surface area contributed by atoms with Crippen molar-refractivity contribution in [2.24, 2.45) is 10.4 Å². The first-order chi connectivity index (χ1) is 13.5. The molecule has 1 aliphatic heterocycles. The van der Waals surface area contributed by atoms with Gasteiger partial charge in [0.2, 0.25) is 5.91 Å². The molecule has 162 valence electrons. The fourth-order valence-electron chi connectivity index (χ4n) is 2.91. The molecule has 0 aromatic heterocycles. The normalized spacial score (nSPS) is 18.5. The van der Waals surface area contributed by atoms with Crippen molar-refractivity contribution in [1.29, 1.82) is 0 Å². The summed E-state index contributed by atoms with van der Waals surface area (Å²) in [6.07, 6.45) is -4.87. The van der Waals surface area contributed by atoms with Crippen LogP contribution >= 0.6 is 0 Å². The van der Waals surface area contributed by atoms with Crippen LogP contribution in [0.25, 0.3) is 0 Å². The number of nitrogens with one attached hydrogen (secondary N) is 2. The molecule has 1 atom stereocenters. The number of carbonyl (C=O) groups excluding carboxylic acids is 1. The number of morpholine rings is 1. The molecule has 1 aromatic carbocycles. The minimum atomic E-state index is -4.39. The number of aliphatic imine (C=N–C) groups is 1. The molecule has 0 aliphatic carbocycles. The lowest BCUT2D eigenvalue weighted by Gasteiger charge is -2.35. The first-order valence-corrected chi connectivity index (χ1v) is 9.55. The molecule has 1 fully saturated rings. The monoisotopic (exact) mass is 414 g/mol. The number of nitrogens with zero attached hydrogens (tertiary/aromatic N) is 2. The third-order valence-corrected chi connectivity index (χ3v) is 4.54. The average molecular weight is 414 g/mol. The van der Waals surface area contributed by atoms with Gasteiger partial charge in [-0.1, -0.05) is 32.9 Å². The second-order valence-corrected chi connectivity index (χ2v) is 7.91. The average Bonchev–Trinajstić information content (AvgIpc) is 2.66. The minimum Gasteiger partial charge on any atom is -0.370 e. The van der Waals surface area contributed by atoms with Crippen molar-refractivity contribution in [2.45, 2.75) is 33.1 Å². The number of benzene rings is 1. The lowest BCUT2D eigenvalue weighted by molar-refractivity contribution is -0.137. The van der Waals surface area contributed by atoms with E-state index in [4.69, 9.17) is 4.74 Å². The Morgan fingerprint density at radius 3 is 2.55 bits per heavy atom. The van der Waals surface area contributed by atoms with Crippen molar-refractivity contribution in [3.63, 3.8) is 0 Å². The summed E-state index contributed by atoms with van der Waals surface area (Å²) in [5, 5.41) is 6.03. The van der Waals surface area contributed by atoms with Crippen LogP contribution in [0.5, 0.6) is 0 Å². The summed E-state index contributed by atoms with van der Waals surface area (Å²) in [6, 6.07) is 5.22. The van der Waals surface area contributed by atoms with Crippen LogP contribution in [-0.4, -0.2) is 56.6 Å². The quantitative estimate of drug-likeness (QED) is 0.452. The molecule has 1 aromatic rings. The van der Waals surface area contributed by atoms with Gasteiger partial charge in [-0.3, -0.25) is 9.79 Å². The highest BCUT2D eigenvalue weighted by molar-refractivity contribution is 5.82. The first-order valence-electron chi connectivity index (χ1n) is 9.55. The zero-order valence-electron chi connectivity index (χ0n) is 17.3. The number of halogens is 3. The molecule has 0 saturated carbocycles. The van der Waals surface area contributed by atoms with Gasteiger partial charge in [-0.2, -0.15) is 13.2 Å². The van der Waals surface area contributed by atoms with E-state index in [0.29, 0.717) is 44.3 Å². The van der Waals surface area contributed by atoms with Gasteiger partial charge in [0.05, 0.1) is 18.7 Å². The van der Waals surface area contributed by atoms with Crippen LogP contribution in [0.3, 0.4) is 0 Å². The van der Waals surface area contributed by atoms with Crippen molar-refractivity contribution < 1.29 is 22.7 Å². The van der Waals surface area contributed by atoms with Crippen molar-refractivity contribution in [3.05, 3.63) is 35.4 Å². The summed E-state index contributed by atoms with van der Waals surface area (Å²) >= 11 is 0. The number of hydrogen-bond donors (Lipinski definition) is 2. The van der Waals surface area contributed by atoms with Gasteiger partial charge in [0.25, 0.3) is 0 Å². The smallest absolute Gasteiger partial charge is 0.370 e. The Morgan fingerprint density at radius 2 is 1.93 bits per heavy atom. The van der Waals surface area contributed by atoms with E-state index in [1.807, 2.05) is 25.7 Å². The number of amides is 1. The Balaban J connectivity index is 1.94. The molecule has 1 aliphatic rings. The summed E-state index contributed by atoms with van der Waals surface area (Å²) in [6.45, 7) is 7.79. The Kier molecular flexibility index (Phi) is 7.51. The summed E-state index contributed by atoms with van der Waals surface area (Å²) < 4.78 is 44.7. The fraction of sp³-hybridized carbons (Fsp3) is 0.600. The zero-order chi connectivity index (χ0) is 21.7. The molecule has 2 rings (SSSR count). The van der Waals surface area contributed by atoms with E-state index < -0.39 is 23.3 Å². The summed E-state index contributed by atoms with van der Waals surface area (Å²) in [7, 11) is 1.64. The van der Waals surface area contributed by atoms with Crippen molar-refractivity contribution >= 4 is 11.9 Å². The van der Waals surface area contributed by atoms with Gasteiger partial charge in [0, 0.05) is 32.1 Å². The lowest BCUT2D eigenvalue weighted by Crippen LogP contribution is -2.49. The van der Waals surface area contributed by atoms with E-state index in [0.717, 1.165) is 12.1 Å². The Hall–Kier alpha value is -2.29. The number of carbonyl (C=O) groups is 1. The van der Waals surface area contributed by atoms with E-state index in [1.165, 1.54) is 6.07 Å². The van der Waals surface area contributed by atoms with E-state index in [9.17, 15) is 18.0 Å². The molecule has 1 amide bonds. The van der Waals surface area contributed by atoms with Crippen molar-refractivity contribution in [1.82, 2.24) is 15.5 Å². The molecular formula is C20H29F3N4O2. The van der Waals surface area contributed by atoms with Crippen LogP contribution < -0.4 is 10.6 Å². The van der Waals surface area contributed by atoms with E-state index >= 15 is 0 Å². The largest absolute Gasteiger partial charge is 0.416 e. The molecule has 1 heterocycles. The maximum absolute atomic E-state index is 13.0.